The normalized spacial score (nSPS) is 14.0. The van der Waals surface area contributed by atoms with Crippen LogP contribution in [0.15, 0.2) is 53.4 Å². The Labute approximate surface area is 177 Å². The molecule has 0 bridgehead atoms. The predicted molar refractivity (Wildman–Crippen MR) is 116 cm³/mol. The lowest BCUT2D eigenvalue weighted by Crippen LogP contribution is -2.49. The molecule has 10 heteroatoms. The molecule has 1 aliphatic rings. The summed E-state index contributed by atoms with van der Waals surface area (Å²) in [7, 11) is -3.68. The summed E-state index contributed by atoms with van der Waals surface area (Å²) in [6.45, 7) is 2.65. The number of anilines is 2. The molecule has 7 nitrogen and oxygen atoms in total. The number of piperazine rings is 1. The number of carbonyl (C=O) groups excluding carboxylic acids is 1. The van der Waals surface area contributed by atoms with Gasteiger partial charge in [-0.2, -0.15) is 0 Å². The molecule has 0 atom stereocenters. The van der Waals surface area contributed by atoms with Gasteiger partial charge in [0.15, 0.2) is 0 Å². The van der Waals surface area contributed by atoms with Crippen molar-refractivity contribution in [1.29, 1.82) is 0 Å². The van der Waals surface area contributed by atoms with E-state index in [2.05, 4.69) is 4.90 Å². The lowest BCUT2D eigenvalue weighted by atomic mass is 10.1. The van der Waals surface area contributed by atoms with Crippen LogP contribution in [0.2, 0.25) is 0 Å². The van der Waals surface area contributed by atoms with E-state index in [0.717, 1.165) is 11.3 Å². The van der Waals surface area contributed by atoms with E-state index in [4.69, 9.17) is 10.9 Å². The molecule has 28 heavy (non-hydrogen) atoms. The van der Waals surface area contributed by atoms with Gasteiger partial charge in [0.25, 0.3) is 0 Å². The Morgan fingerprint density at radius 2 is 1.43 bits per heavy atom. The highest BCUT2D eigenvalue weighted by atomic mass is 35.5. The van der Waals surface area contributed by atoms with Crippen molar-refractivity contribution in [3.8, 4) is 0 Å². The molecule has 1 heterocycles. The zero-order chi connectivity index (χ0) is 18.7. The topological polar surface area (TPSA) is 110 Å². The van der Waals surface area contributed by atoms with Crippen LogP contribution in [0.1, 0.15) is 5.56 Å². The van der Waals surface area contributed by atoms with E-state index in [9.17, 15) is 13.2 Å². The first kappa shape index (κ1) is 24.0. The Balaban J connectivity index is 0.00000196. The van der Waals surface area contributed by atoms with Crippen LogP contribution in [0.5, 0.6) is 0 Å². The molecule has 1 saturated heterocycles. The van der Waals surface area contributed by atoms with Gasteiger partial charge in [-0.25, -0.2) is 13.6 Å². The molecular weight excluding hydrogens is 423 g/mol. The summed E-state index contributed by atoms with van der Waals surface area (Å²) in [6.07, 6.45) is 0.364. The molecule has 0 aliphatic carbocycles. The molecule has 1 amide bonds. The highest BCUT2D eigenvalue weighted by molar-refractivity contribution is 7.89. The summed E-state index contributed by atoms with van der Waals surface area (Å²) in [5.74, 6) is 0.0963. The second-order valence-corrected chi connectivity index (χ2v) is 7.89. The number of rotatable bonds is 4. The van der Waals surface area contributed by atoms with Crippen molar-refractivity contribution in [2.24, 2.45) is 5.14 Å². The van der Waals surface area contributed by atoms with E-state index in [1.165, 1.54) is 12.1 Å². The van der Waals surface area contributed by atoms with Crippen LogP contribution >= 0.6 is 24.8 Å². The van der Waals surface area contributed by atoms with E-state index in [1.807, 2.05) is 17.0 Å². The third-order valence-electron chi connectivity index (χ3n) is 4.50. The lowest BCUT2D eigenvalue weighted by molar-refractivity contribution is -0.130. The van der Waals surface area contributed by atoms with E-state index >= 15 is 0 Å². The van der Waals surface area contributed by atoms with Crippen molar-refractivity contribution < 1.29 is 13.2 Å². The molecule has 2 aromatic carbocycles. The molecule has 2 aromatic rings. The Hall–Kier alpha value is -2.00. The summed E-state index contributed by atoms with van der Waals surface area (Å²) in [6, 6.07) is 13.8. The zero-order valence-electron chi connectivity index (χ0n) is 15.2. The number of primary sulfonamides is 1. The van der Waals surface area contributed by atoms with Gasteiger partial charge >= 0.3 is 0 Å². The van der Waals surface area contributed by atoms with Crippen molar-refractivity contribution >= 4 is 52.1 Å². The summed E-state index contributed by atoms with van der Waals surface area (Å²) >= 11 is 0. The smallest absolute Gasteiger partial charge is 0.238 e. The number of carbonyl (C=O) groups is 1. The van der Waals surface area contributed by atoms with Crippen molar-refractivity contribution in [2.75, 3.05) is 36.8 Å². The summed E-state index contributed by atoms with van der Waals surface area (Å²) in [4.78, 5) is 16.5. The Kier molecular flexibility index (Phi) is 8.56. The van der Waals surface area contributed by atoms with Gasteiger partial charge in [-0.05, 0) is 42.0 Å². The van der Waals surface area contributed by atoms with Crippen molar-refractivity contribution in [3.05, 3.63) is 54.1 Å². The maximum absolute atomic E-state index is 12.4. The van der Waals surface area contributed by atoms with Crippen LogP contribution in [0, 0.1) is 0 Å². The van der Waals surface area contributed by atoms with Gasteiger partial charge in [0.05, 0.1) is 11.3 Å². The number of nitrogens with zero attached hydrogens (tertiary/aromatic N) is 2. The lowest BCUT2D eigenvalue weighted by Gasteiger charge is -2.36. The first-order valence-corrected chi connectivity index (χ1v) is 9.87. The number of nitrogen functional groups attached to an aromatic ring is 1. The quantitative estimate of drug-likeness (QED) is 0.693. The number of hydrogen-bond donors (Lipinski definition) is 2. The highest BCUT2D eigenvalue weighted by Crippen LogP contribution is 2.19. The maximum Gasteiger partial charge on any atom is 0.238 e. The van der Waals surface area contributed by atoms with Gasteiger partial charge in [0.2, 0.25) is 15.9 Å². The van der Waals surface area contributed by atoms with Gasteiger partial charge in [0, 0.05) is 37.6 Å². The van der Waals surface area contributed by atoms with Crippen LogP contribution in [0.4, 0.5) is 11.4 Å². The molecule has 154 valence electrons. The SMILES string of the molecule is Cl.Cl.Nc1ccc(CC(=O)N2CCN(c3ccc(S(N)(=O)=O)cc3)CC2)cc1. The minimum Gasteiger partial charge on any atom is -0.399 e. The fraction of sp³-hybridized carbons (Fsp3) is 0.278. The Bertz CT molecular complexity index is 882. The Morgan fingerprint density at radius 3 is 1.93 bits per heavy atom. The van der Waals surface area contributed by atoms with E-state index in [1.54, 1.807) is 24.3 Å². The average Bonchev–Trinajstić information content (AvgIpc) is 2.63. The van der Waals surface area contributed by atoms with Gasteiger partial charge in [-0.1, -0.05) is 12.1 Å². The number of benzene rings is 2. The molecule has 0 aromatic heterocycles. The molecule has 1 fully saturated rings. The fourth-order valence-electron chi connectivity index (χ4n) is 2.98. The highest BCUT2D eigenvalue weighted by Gasteiger charge is 2.21. The molecule has 1 aliphatic heterocycles. The molecule has 3 rings (SSSR count). The minimum absolute atomic E-state index is 0. The van der Waals surface area contributed by atoms with E-state index in [0.29, 0.717) is 38.3 Å². The zero-order valence-corrected chi connectivity index (χ0v) is 17.6. The number of amides is 1. The first-order valence-electron chi connectivity index (χ1n) is 8.33. The van der Waals surface area contributed by atoms with Crippen molar-refractivity contribution in [3.63, 3.8) is 0 Å². The van der Waals surface area contributed by atoms with Gasteiger partial charge in [-0.15, -0.1) is 24.8 Å². The predicted octanol–water partition coefficient (Wildman–Crippen LogP) is 1.65. The monoisotopic (exact) mass is 446 g/mol. The first-order chi connectivity index (χ1) is 12.3. The molecular formula is C18H24Cl2N4O3S. The van der Waals surface area contributed by atoms with Crippen LogP contribution in [0.3, 0.4) is 0 Å². The Morgan fingerprint density at radius 1 is 0.893 bits per heavy atom. The standard InChI is InChI=1S/C18H22N4O3S.2ClH/c19-15-3-1-14(2-4-15)13-18(23)22-11-9-21(10-12-22)16-5-7-17(8-6-16)26(20,24)25;;/h1-8H,9-13,19H2,(H2,20,24,25);2*1H. The van der Waals surface area contributed by atoms with E-state index in [-0.39, 0.29) is 35.6 Å². The molecule has 0 saturated carbocycles. The summed E-state index contributed by atoms with van der Waals surface area (Å²) < 4.78 is 22.6. The van der Waals surface area contributed by atoms with E-state index < -0.39 is 10.0 Å². The fourth-order valence-corrected chi connectivity index (χ4v) is 3.50. The number of hydrogen-bond acceptors (Lipinski definition) is 5. The van der Waals surface area contributed by atoms with Crippen LogP contribution < -0.4 is 15.8 Å². The molecule has 0 spiro atoms. The molecule has 0 radical (unpaired) electrons. The van der Waals surface area contributed by atoms with Crippen molar-refractivity contribution in [2.45, 2.75) is 11.3 Å². The largest absolute Gasteiger partial charge is 0.399 e. The van der Waals surface area contributed by atoms with Crippen LogP contribution in [-0.4, -0.2) is 45.4 Å². The second kappa shape index (κ2) is 9.97. The summed E-state index contributed by atoms with van der Waals surface area (Å²) in [5, 5.41) is 5.12. The average molecular weight is 447 g/mol. The second-order valence-electron chi connectivity index (χ2n) is 6.33. The van der Waals surface area contributed by atoms with Gasteiger partial charge < -0.3 is 15.5 Å². The van der Waals surface area contributed by atoms with Gasteiger partial charge in [0.1, 0.15) is 0 Å². The van der Waals surface area contributed by atoms with Crippen LogP contribution in [-0.2, 0) is 21.2 Å². The van der Waals surface area contributed by atoms with Gasteiger partial charge in [-0.3, -0.25) is 4.79 Å². The third-order valence-corrected chi connectivity index (χ3v) is 5.43. The molecule has 4 N–H and O–H groups in total. The third kappa shape index (κ3) is 6.00. The maximum atomic E-state index is 12.4. The number of sulfonamides is 1. The summed E-state index contributed by atoms with van der Waals surface area (Å²) in [5.41, 5.74) is 8.22. The van der Waals surface area contributed by atoms with Crippen LogP contribution in [0.25, 0.3) is 0 Å². The van der Waals surface area contributed by atoms with Crippen molar-refractivity contribution in [1.82, 2.24) is 4.90 Å². The minimum atomic E-state index is -3.68. The number of nitrogens with two attached hydrogens (primary N) is 2. The number of halogens is 2. The molecule has 0 unspecified atom stereocenters.